The highest BCUT2D eigenvalue weighted by molar-refractivity contribution is 5.73. The topological polar surface area (TPSA) is 32.3 Å². The van der Waals surface area contributed by atoms with Gasteiger partial charge in [-0.3, -0.25) is 9.69 Å². The Morgan fingerprint density at radius 2 is 2.00 bits per heavy atom. The molecule has 1 aromatic rings. The van der Waals surface area contributed by atoms with E-state index in [2.05, 4.69) is 41.4 Å². The second-order valence-corrected chi connectivity index (χ2v) is 5.42. The minimum Gasteiger partial charge on any atom is -0.354 e. The van der Waals surface area contributed by atoms with Crippen LogP contribution < -0.4 is 5.32 Å². The molecule has 1 saturated heterocycles. The lowest BCUT2D eigenvalue weighted by atomic mass is 10.0. The zero-order valence-corrected chi connectivity index (χ0v) is 12.0. The SMILES string of the molecule is CCc1cccc(CN2CCC(NC(C)=O)CC2)c1. The fourth-order valence-corrected chi connectivity index (χ4v) is 2.73. The van der Waals surface area contributed by atoms with Crippen molar-refractivity contribution in [3.8, 4) is 0 Å². The Bertz CT molecular complexity index is 423. The van der Waals surface area contributed by atoms with Gasteiger partial charge in [0.1, 0.15) is 0 Å². The highest BCUT2D eigenvalue weighted by Gasteiger charge is 2.19. The van der Waals surface area contributed by atoms with Gasteiger partial charge in [0.25, 0.3) is 0 Å². The third-order valence-corrected chi connectivity index (χ3v) is 3.80. The van der Waals surface area contributed by atoms with Crippen LogP contribution in [0.3, 0.4) is 0 Å². The average molecular weight is 260 g/mol. The minimum atomic E-state index is 0.0918. The Balaban J connectivity index is 1.83. The Hall–Kier alpha value is -1.35. The van der Waals surface area contributed by atoms with Gasteiger partial charge in [-0.1, -0.05) is 31.2 Å². The van der Waals surface area contributed by atoms with Gasteiger partial charge < -0.3 is 5.32 Å². The Kier molecular flexibility index (Phi) is 4.97. The first kappa shape index (κ1) is 14.1. The number of aryl methyl sites for hydroxylation is 1. The van der Waals surface area contributed by atoms with E-state index < -0.39 is 0 Å². The van der Waals surface area contributed by atoms with Gasteiger partial charge in [0, 0.05) is 32.6 Å². The summed E-state index contributed by atoms with van der Waals surface area (Å²) in [7, 11) is 0. The lowest BCUT2D eigenvalue weighted by Crippen LogP contribution is -2.43. The molecule has 1 N–H and O–H groups in total. The second kappa shape index (κ2) is 6.71. The van der Waals surface area contributed by atoms with Crippen molar-refractivity contribution in [1.82, 2.24) is 10.2 Å². The summed E-state index contributed by atoms with van der Waals surface area (Å²) in [6.45, 7) is 6.96. The molecule has 0 spiro atoms. The van der Waals surface area contributed by atoms with E-state index in [4.69, 9.17) is 0 Å². The molecule has 1 aliphatic rings. The summed E-state index contributed by atoms with van der Waals surface area (Å²) in [6, 6.07) is 9.22. The first-order valence-electron chi connectivity index (χ1n) is 7.24. The number of nitrogens with zero attached hydrogens (tertiary/aromatic N) is 1. The third-order valence-electron chi connectivity index (χ3n) is 3.80. The van der Waals surface area contributed by atoms with Crippen molar-refractivity contribution in [2.75, 3.05) is 13.1 Å². The molecule has 0 saturated carbocycles. The quantitative estimate of drug-likeness (QED) is 0.901. The van der Waals surface area contributed by atoms with Crippen LogP contribution in [-0.4, -0.2) is 29.9 Å². The monoisotopic (exact) mass is 260 g/mol. The van der Waals surface area contributed by atoms with Crippen molar-refractivity contribution in [3.05, 3.63) is 35.4 Å². The maximum atomic E-state index is 11.0. The molecule has 0 unspecified atom stereocenters. The van der Waals surface area contributed by atoms with E-state index in [1.54, 1.807) is 6.92 Å². The van der Waals surface area contributed by atoms with Gasteiger partial charge >= 0.3 is 0 Å². The van der Waals surface area contributed by atoms with E-state index in [9.17, 15) is 4.79 Å². The van der Waals surface area contributed by atoms with E-state index in [1.165, 1.54) is 11.1 Å². The Morgan fingerprint density at radius 3 is 2.63 bits per heavy atom. The number of rotatable bonds is 4. The molecule has 3 nitrogen and oxygen atoms in total. The van der Waals surface area contributed by atoms with E-state index >= 15 is 0 Å². The first-order chi connectivity index (χ1) is 9.17. The number of likely N-dealkylation sites (tertiary alicyclic amines) is 1. The molecular weight excluding hydrogens is 236 g/mol. The molecule has 1 fully saturated rings. The molecule has 1 heterocycles. The van der Waals surface area contributed by atoms with Gasteiger partial charge in [-0.15, -0.1) is 0 Å². The van der Waals surface area contributed by atoms with Crippen LogP contribution >= 0.6 is 0 Å². The van der Waals surface area contributed by atoms with E-state index in [0.29, 0.717) is 6.04 Å². The molecule has 0 radical (unpaired) electrons. The molecule has 1 amide bonds. The summed E-state index contributed by atoms with van der Waals surface area (Å²) in [5, 5.41) is 3.02. The number of nitrogens with one attached hydrogen (secondary N) is 1. The number of benzene rings is 1. The number of hydrogen-bond donors (Lipinski definition) is 1. The number of piperidine rings is 1. The van der Waals surface area contributed by atoms with Crippen LogP contribution in [0.1, 0.15) is 37.8 Å². The zero-order chi connectivity index (χ0) is 13.7. The van der Waals surface area contributed by atoms with E-state index in [-0.39, 0.29) is 5.91 Å². The molecule has 0 atom stereocenters. The summed E-state index contributed by atoms with van der Waals surface area (Å²) < 4.78 is 0. The van der Waals surface area contributed by atoms with Gasteiger partial charge in [-0.25, -0.2) is 0 Å². The maximum absolute atomic E-state index is 11.0. The molecule has 1 aliphatic heterocycles. The first-order valence-corrected chi connectivity index (χ1v) is 7.24. The molecule has 2 rings (SSSR count). The maximum Gasteiger partial charge on any atom is 0.217 e. The lowest BCUT2D eigenvalue weighted by molar-refractivity contribution is -0.119. The van der Waals surface area contributed by atoms with Crippen molar-refractivity contribution < 1.29 is 4.79 Å². The van der Waals surface area contributed by atoms with Crippen LogP contribution in [0, 0.1) is 0 Å². The highest BCUT2D eigenvalue weighted by Crippen LogP contribution is 2.15. The van der Waals surface area contributed by atoms with Gasteiger partial charge in [-0.05, 0) is 30.4 Å². The molecule has 0 aliphatic carbocycles. The van der Waals surface area contributed by atoms with Crippen molar-refractivity contribution >= 4 is 5.91 Å². The Morgan fingerprint density at radius 1 is 1.32 bits per heavy atom. The molecule has 3 heteroatoms. The number of carbonyl (C=O) groups excluding carboxylic acids is 1. The average Bonchev–Trinajstić information content (AvgIpc) is 2.41. The summed E-state index contributed by atoms with van der Waals surface area (Å²) >= 11 is 0. The van der Waals surface area contributed by atoms with Crippen LogP contribution in [-0.2, 0) is 17.8 Å². The highest BCUT2D eigenvalue weighted by atomic mass is 16.1. The van der Waals surface area contributed by atoms with E-state index in [1.807, 2.05) is 0 Å². The molecule has 19 heavy (non-hydrogen) atoms. The minimum absolute atomic E-state index is 0.0918. The summed E-state index contributed by atoms with van der Waals surface area (Å²) in [4.78, 5) is 13.5. The van der Waals surface area contributed by atoms with Gasteiger partial charge in [0.2, 0.25) is 5.91 Å². The van der Waals surface area contributed by atoms with Crippen LogP contribution in [0.25, 0.3) is 0 Å². The summed E-state index contributed by atoms with van der Waals surface area (Å²) in [5.41, 5.74) is 2.81. The van der Waals surface area contributed by atoms with Gasteiger partial charge in [0.05, 0.1) is 0 Å². The van der Waals surface area contributed by atoms with Gasteiger partial charge in [0.15, 0.2) is 0 Å². The van der Waals surface area contributed by atoms with Crippen molar-refractivity contribution in [1.29, 1.82) is 0 Å². The van der Waals surface area contributed by atoms with Crippen molar-refractivity contribution in [2.24, 2.45) is 0 Å². The lowest BCUT2D eigenvalue weighted by Gasteiger charge is -2.32. The summed E-state index contributed by atoms with van der Waals surface area (Å²) in [5.74, 6) is 0.0918. The molecule has 0 aromatic heterocycles. The van der Waals surface area contributed by atoms with Crippen LogP contribution in [0.2, 0.25) is 0 Å². The predicted octanol–water partition coefficient (Wildman–Crippen LogP) is 2.35. The van der Waals surface area contributed by atoms with E-state index in [0.717, 1.165) is 38.9 Å². The van der Waals surface area contributed by atoms with Crippen molar-refractivity contribution in [3.63, 3.8) is 0 Å². The molecular formula is C16H24N2O. The van der Waals surface area contributed by atoms with Crippen LogP contribution in [0.15, 0.2) is 24.3 Å². The smallest absolute Gasteiger partial charge is 0.217 e. The number of carbonyl (C=O) groups is 1. The van der Waals surface area contributed by atoms with Crippen LogP contribution in [0.5, 0.6) is 0 Å². The largest absolute Gasteiger partial charge is 0.354 e. The predicted molar refractivity (Wildman–Crippen MR) is 77.9 cm³/mol. The molecule has 0 bridgehead atoms. The zero-order valence-electron chi connectivity index (χ0n) is 12.0. The van der Waals surface area contributed by atoms with Gasteiger partial charge in [-0.2, -0.15) is 0 Å². The molecule has 104 valence electrons. The third kappa shape index (κ3) is 4.35. The fourth-order valence-electron chi connectivity index (χ4n) is 2.73. The second-order valence-electron chi connectivity index (χ2n) is 5.42. The van der Waals surface area contributed by atoms with Crippen LogP contribution in [0.4, 0.5) is 0 Å². The normalized spacial score (nSPS) is 17.4. The number of amides is 1. The molecule has 1 aromatic carbocycles. The summed E-state index contributed by atoms with van der Waals surface area (Å²) in [6.07, 6.45) is 3.22. The number of hydrogen-bond acceptors (Lipinski definition) is 2. The Labute approximate surface area is 116 Å². The standard InChI is InChI=1S/C16H24N2O/c1-3-14-5-4-6-15(11-14)12-18-9-7-16(8-10-18)17-13(2)19/h4-6,11,16H,3,7-10,12H2,1-2H3,(H,17,19). The van der Waals surface area contributed by atoms with Crippen molar-refractivity contribution in [2.45, 2.75) is 45.7 Å². The fraction of sp³-hybridized carbons (Fsp3) is 0.562.